The lowest BCUT2D eigenvalue weighted by molar-refractivity contribution is -0.140. The fraction of sp³-hybridized carbons (Fsp3) is 0.515. The number of allylic oxidation sites excluding steroid dienone is 6. The predicted octanol–water partition coefficient (Wildman–Crippen LogP) is 6.37. The van der Waals surface area contributed by atoms with E-state index in [2.05, 4.69) is 35.2 Å². The van der Waals surface area contributed by atoms with E-state index in [1.165, 1.54) is 0 Å². The Bertz CT molecular complexity index is 1280. The van der Waals surface area contributed by atoms with Crippen LogP contribution in [0.15, 0.2) is 54.7 Å². The van der Waals surface area contributed by atoms with Crippen LogP contribution >= 0.6 is 0 Å². The first-order valence-corrected chi connectivity index (χ1v) is 14.5. The number of carbonyl (C=O) groups excluding carboxylic acids is 1. The van der Waals surface area contributed by atoms with Gasteiger partial charge in [0.05, 0.1) is 16.9 Å². The summed E-state index contributed by atoms with van der Waals surface area (Å²) in [6, 6.07) is 2.35. The summed E-state index contributed by atoms with van der Waals surface area (Å²) in [5.41, 5.74) is -2.01. The van der Waals surface area contributed by atoms with Crippen LogP contribution in [0.2, 0.25) is 0 Å². The maximum Gasteiger partial charge on any atom is 0.416 e. The smallest absolute Gasteiger partial charge is 0.416 e. The van der Waals surface area contributed by atoms with Gasteiger partial charge in [-0.2, -0.15) is 13.2 Å². The highest BCUT2D eigenvalue weighted by molar-refractivity contribution is 5.86. The average Bonchev–Trinajstić information content (AvgIpc) is 3.63. The second kappa shape index (κ2) is 13.3. The number of hydrogen-bond acceptors (Lipinski definition) is 3. The fourth-order valence-electron chi connectivity index (χ4n) is 6.84. The zero-order valence-corrected chi connectivity index (χ0v) is 23.7. The summed E-state index contributed by atoms with van der Waals surface area (Å²) in [5, 5.41) is 12.4. The van der Waals surface area contributed by atoms with E-state index in [-0.39, 0.29) is 30.0 Å². The highest BCUT2D eigenvalue weighted by atomic mass is 19.4. The molecule has 2 aliphatic carbocycles. The number of carboxylic acids is 1. The topological polar surface area (TPSA) is 69.6 Å². The molecule has 0 radical (unpaired) electrons. The maximum absolute atomic E-state index is 13.9. The van der Waals surface area contributed by atoms with Crippen molar-refractivity contribution in [1.82, 2.24) is 10.2 Å². The minimum absolute atomic E-state index is 0.00873. The molecule has 4 rings (SSSR count). The number of benzene rings is 1. The number of likely N-dealkylation sites (tertiary alicyclic amines) is 1. The van der Waals surface area contributed by atoms with Gasteiger partial charge in [0.1, 0.15) is 5.82 Å². The molecule has 3 aliphatic rings. The minimum Gasteiger partial charge on any atom is -0.481 e. The molecule has 1 heterocycles. The van der Waals surface area contributed by atoms with Gasteiger partial charge in [0.25, 0.3) is 0 Å². The number of terminal acetylenes is 1. The Morgan fingerprint density at radius 3 is 2.67 bits per heavy atom. The molecule has 5 nitrogen and oxygen atoms in total. The molecule has 42 heavy (non-hydrogen) atoms. The van der Waals surface area contributed by atoms with Crippen LogP contribution in [-0.2, 0) is 22.3 Å². The number of rotatable bonds is 10. The van der Waals surface area contributed by atoms with E-state index in [9.17, 15) is 32.3 Å². The van der Waals surface area contributed by atoms with E-state index in [1.807, 2.05) is 18.2 Å². The van der Waals surface area contributed by atoms with Crippen LogP contribution in [0.4, 0.5) is 17.6 Å². The van der Waals surface area contributed by atoms with E-state index >= 15 is 0 Å². The monoisotopic (exact) mass is 586 g/mol. The molecular formula is C33H38F4N2O3. The molecule has 9 heteroatoms. The zero-order valence-electron chi connectivity index (χ0n) is 23.7. The first-order chi connectivity index (χ1) is 19.9. The quantitative estimate of drug-likeness (QED) is 0.145. The summed E-state index contributed by atoms with van der Waals surface area (Å²) in [6.45, 7) is 3.70. The molecule has 0 aromatic heterocycles. The molecule has 1 aliphatic heterocycles. The highest BCUT2D eigenvalue weighted by Gasteiger charge is 2.62. The van der Waals surface area contributed by atoms with Crippen LogP contribution in [-0.4, -0.2) is 41.0 Å². The van der Waals surface area contributed by atoms with E-state index in [1.54, 1.807) is 6.08 Å². The number of alkyl halides is 3. The number of nitrogens with zero attached hydrogens (tertiary/aromatic N) is 1. The molecule has 2 N–H and O–H groups in total. The van der Waals surface area contributed by atoms with Gasteiger partial charge in [-0.25, -0.2) is 4.39 Å². The van der Waals surface area contributed by atoms with Crippen LogP contribution in [0.25, 0.3) is 0 Å². The summed E-state index contributed by atoms with van der Waals surface area (Å²) in [7, 11) is 0. The van der Waals surface area contributed by atoms with Gasteiger partial charge in [0, 0.05) is 19.1 Å². The van der Waals surface area contributed by atoms with Gasteiger partial charge < -0.3 is 15.3 Å². The second-order valence-electron chi connectivity index (χ2n) is 11.9. The number of carbonyl (C=O) groups is 2. The molecule has 3 fully saturated rings. The molecular weight excluding hydrogens is 548 g/mol. The molecule has 2 saturated carbocycles. The predicted molar refractivity (Wildman–Crippen MR) is 152 cm³/mol. The van der Waals surface area contributed by atoms with Gasteiger partial charge in [-0.05, 0) is 92.7 Å². The lowest BCUT2D eigenvalue weighted by atomic mass is 9.78. The standard InChI is InChI=1S/C33H38F4N2O3/c1-3-4-5-6-7-8-9-10-24-12-14-39(21-22(24)2)27-11-13-32(19-27,29-18-28(29)30(40)41)31(42)38-20-23-15-25(33(35,36)37)17-26(34)16-23/h1,4-7,9-10,15-17,22,24,27-29H,8,11-14,18-21H2,2H3,(H,38,42)(H,40,41)/b5-4-,7-6-,10-9-. The average molecular weight is 587 g/mol. The van der Waals surface area contributed by atoms with Crippen LogP contribution in [0, 0.1) is 47.2 Å². The van der Waals surface area contributed by atoms with E-state index in [0.29, 0.717) is 37.2 Å². The highest BCUT2D eigenvalue weighted by Crippen LogP contribution is 2.59. The Morgan fingerprint density at radius 1 is 1.21 bits per heavy atom. The Labute approximate surface area is 244 Å². The van der Waals surface area contributed by atoms with Gasteiger partial charge in [0.15, 0.2) is 0 Å². The molecule has 226 valence electrons. The number of amides is 1. The van der Waals surface area contributed by atoms with Gasteiger partial charge in [-0.15, -0.1) is 6.42 Å². The number of halogens is 4. The van der Waals surface area contributed by atoms with Gasteiger partial charge in [0.2, 0.25) is 5.91 Å². The third kappa shape index (κ3) is 7.52. The van der Waals surface area contributed by atoms with Crippen LogP contribution < -0.4 is 5.32 Å². The molecule has 0 spiro atoms. The van der Waals surface area contributed by atoms with Crippen molar-refractivity contribution in [3.63, 3.8) is 0 Å². The first kappa shape index (κ1) is 31.6. The summed E-state index contributed by atoms with van der Waals surface area (Å²) >= 11 is 0. The van der Waals surface area contributed by atoms with Crippen molar-refractivity contribution in [1.29, 1.82) is 0 Å². The van der Waals surface area contributed by atoms with Crippen molar-refractivity contribution in [3.05, 3.63) is 71.6 Å². The van der Waals surface area contributed by atoms with Crippen molar-refractivity contribution < 1.29 is 32.3 Å². The zero-order chi connectivity index (χ0) is 30.5. The fourth-order valence-corrected chi connectivity index (χ4v) is 6.84. The van der Waals surface area contributed by atoms with Crippen LogP contribution in [0.1, 0.15) is 56.6 Å². The molecule has 1 saturated heterocycles. The lowest BCUT2D eigenvalue weighted by Crippen LogP contribution is -2.46. The van der Waals surface area contributed by atoms with Crippen molar-refractivity contribution in [2.45, 2.75) is 64.2 Å². The Balaban J connectivity index is 1.39. The van der Waals surface area contributed by atoms with Crippen LogP contribution in [0.5, 0.6) is 0 Å². The molecule has 1 amide bonds. The van der Waals surface area contributed by atoms with E-state index < -0.39 is 34.9 Å². The molecule has 0 bridgehead atoms. The number of piperidine rings is 1. The molecule has 6 unspecified atom stereocenters. The number of carboxylic acid groups (broad SMARTS) is 1. The van der Waals surface area contributed by atoms with Gasteiger partial charge >= 0.3 is 12.1 Å². The second-order valence-corrected chi connectivity index (χ2v) is 11.9. The van der Waals surface area contributed by atoms with Gasteiger partial charge in [-0.3, -0.25) is 9.59 Å². The Hall–Kier alpha value is -3.38. The molecule has 1 aromatic rings. The Kier molecular flexibility index (Phi) is 9.98. The number of hydrogen-bond donors (Lipinski definition) is 2. The third-order valence-corrected chi connectivity index (χ3v) is 9.15. The lowest BCUT2D eigenvalue weighted by Gasteiger charge is -2.40. The van der Waals surface area contributed by atoms with E-state index in [4.69, 9.17) is 6.42 Å². The van der Waals surface area contributed by atoms with Crippen molar-refractivity contribution in [2.24, 2.45) is 29.1 Å². The van der Waals surface area contributed by atoms with E-state index in [0.717, 1.165) is 44.5 Å². The number of nitrogens with one attached hydrogen (secondary N) is 1. The minimum atomic E-state index is -4.71. The van der Waals surface area contributed by atoms with Crippen molar-refractivity contribution in [2.75, 3.05) is 13.1 Å². The summed E-state index contributed by atoms with van der Waals surface area (Å²) in [5.74, 6) is 0.0557. The summed E-state index contributed by atoms with van der Waals surface area (Å²) in [6.07, 6.45) is 16.3. The number of aliphatic carboxylic acids is 1. The van der Waals surface area contributed by atoms with Gasteiger partial charge in [-0.1, -0.05) is 43.2 Å². The van der Waals surface area contributed by atoms with Crippen molar-refractivity contribution >= 4 is 11.9 Å². The summed E-state index contributed by atoms with van der Waals surface area (Å²) in [4.78, 5) is 27.8. The summed E-state index contributed by atoms with van der Waals surface area (Å²) < 4.78 is 53.4. The first-order valence-electron chi connectivity index (χ1n) is 14.5. The SMILES string of the molecule is C#C/C=C\C=C/C/C=C\C1CCN(C2CCC(C(=O)NCc3cc(F)cc(C(F)(F)F)c3)(C3CC3C(=O)O)C2)CC1C. The maximum atomic E-state index is 13.9. The van der Waals surface area contributed by atoms with Crippen molar-refractivity contribution in [3.8, 4) is 12.3 Å². The third-order valence-electron chi connectivity index (χ3n) is 9.15. The molecule has 6 atom stereocenters. The normalized spacial score (nSPS) is 30.2. The largest absolute Gasteiger partial charge is 0.481 e. The Morgan fingerprint density at radius 2 is 2.00 bits per heavy atom. The molecule has 1 aromatic carbocycles. The van der Waals surface area contributed by atoms with Crippen LogP contribution in [0.3, 0.4) is 0 Å².